The van der Waals surface area contributed by atoms with E-state index in [0.717, 1.165) is 39.5 Å². The SMILES string of the molecule is C=Cc1cc2c(cc1-c1ccccc1OCc1ccccc1)OCO2. The Morgan fingerprint density at radius 2 is 1.60 bits per heavy atom. The summed E-state index contributed by atoms with van der Waals surface area (Å²) in [5, 5.41) is 0. The minimum Gasteiger partial charge on any atom is -0.488 e. The zero-order valence-corrected chi connectivity index (χ0v) is 13.8. The average Bonchev–Trinajstić information content (AvgIpc) is 3.14. The molecule has 0 saturated heterocycles. The van der Waals surface area contributed by atoms with Crippen LogP contribution < -0.4 is 14.2 Å². The van der Waals surface area contributed by atoms with E-state index in [1.807, 2.05) is 60.7 Å². The molecule has 3 aromatic rings. The van der Waals surface area contributed by atoms with E-state index in [1.165, 1.54) is 0 Å². The minimum atomic E-state index is 0.252. The van der Waals surface area contributed by atoms with Crippen molar-refractivity contribution in [1.82, 2.24) is 0 Å². The van der Waals surface area contributed by atoms with Gasteiger partial charge in [-0.15, -0.1) is 0 Å². The summed E-state index contributed by atoms with van der Waals surface area (Å²) >= 11 is 0. The molecule has 0 radical (unpaired) electrons. The van der Waals surface area contributed by atoms with E-state index < -0.39 is 0 Å². The maximum Gasteiger partial charge on any atom is 0.231 e. The summed E-state index contributed by atoms with van der Waals surface area (Å²) in [6.07, 6.45) is 1.82. The van der Waals surface area contributed by atoms with Crippen LogP contribution in [0.3, 0.4) is 0 Å². The van der Waals surface area contributed by atoms with Crippen LogP contribution in [-0.2, 0) is 6.61 Å². The van der Waals surface area contributed by atoms with Gasteiger partial charge in [-0.25, -0.2) is 0 Å². The normalized spacial score (nSPS) is 12.0. The van der Waals surface area contributed by atoms with Crippen molar-refractivity contribution in [2.75, 3.05) is 6.79 Å². The minimum absolute atomic E-state index is 0.252. The molecule has 0 atom stereocenters. The van der Waals surface area contributed by atoms with Gasteiger partial charge < -0.3 is 14.2 Å². The Morgan fingerprint density at radius 3 is 2.40 bits per heavy atom. The third-order valence-corrected chi connectivity index (χ3v) is 4.18. The van der Waals surface area contributed by atoms with E-state index in [9.17, 15) is 0 Å². The predicted octanol–water partition coefficient (Wildman–Crippen LogP) is 5.30. The topological polar surface area (TPSA) is 27.7 Å². The van der Waals surface area contributed by atoms with Crippen LogP contribution in [0.4, 0.5) is 0 Å². The van der Waals surface area contributed by atoms with Gasteiger partial charge in [0.1, 0.15) is 12.4 Å². The molecule has 0 amide bonds. The first-order valence-corrected chi connectivity index (χ1v) is 8.17. The summed E-state index contributed by atoms with van der Waals surface area (Å²) in [4.78, 5) is 0. The van der Waals surface area contributed by atoms with Crippen molar-refractivity contribution in [2.45, 2.75) is 6.61 Å². The summed E-state index contributed by atoms with van der Waals surface area (Å²) in [7, 11) is 0. The molecule has 1 heterocycles. The van der Waals surface area contributed by atoms with Gasteiger partial charge in [-0.1, -0.05) is 61.2 Å². The standard InChI is InChI=1S/C22H18O3/c1-2-17-12-21-22(25-15-24-21)13-19(17)18-10-6-7-11-20(18)23-14-16-8-4-3-5-9-16/h2-13H,1,14-15H2. The Bertz CT molecular complexity index is 900. The van der Waals surface area contributed by atoms with E-state index in [1.54, 1.807) is 0 Å². The highest BCUT2D eigenvalue weighted by molar-refractivity contribution is 5.81. The van der Waals surface area contributed by atoms with E-state index in [-0.39, 0.29) is 6.79 Å². The molecule has 0 aromatic heterocycles. The maximum absolute atomic E-state index is 6.09. The van der Waals surface area contributed by atoms with Crippen molar-refractivity contribution in [2.24, 2.45) is 0 Å². The van der Waals surface area contributed by atoms with Crippen molar-refractivity contribution < 1.29 is 14.2 Å². The van der Waals surface area contributed by atoms with Crippen LogP contribution in [0.2, 0.25) is 0 Å². The molecule has 0 unspecified atom stereocenters. The molecule has 0 spiro atoms. The highest BCUT2D eigenvalue weighted by atomic mass is 16.7. The van der Waals surface area contributed by atoms with Gasteiger partial charge >= 0.3 is 0 Å². The Labute approximate surface area is 147 Å². The largest absolute Gasteiger partial charge is 0.488 e. The van der Waals surface area contributed by atoms with E-state index >= 15 is 0 Å². The van der Waals surface area contributed by atoms with Crippen LogP contribution in [0.5, 0.6) is 17.2 Å². The number of para-hydroxylation sites is 1. The molecular formula is C22H18O3. The van der Waals surface area contributed by atoms with Crippen molar-refractivity contribution in [1.29, 1.82) is 0 Å². The van der Waals surface area contributed by atoms with Crippen LogP contribution in [-0.4, -0.2) is 6.79 Å². The summed E-state index contributed by atoms with van der Waals surface area (Å²) in [5.74, 6) is 2.33. The number of fused-ring (bicyclic) bond motifs is 1. The molecule has 0 saturated carbocycles. The Hall–Kier alpha value is -3.20. The third-order valence-electron chi connectivity index (χ3n) is 4.18. The second-order valence-corrected chi connectivity index (χ2v) is 5.77. The van der Waals surface area contributed by atoms with Crippen LogP contribution in [0.15, 0.2) is 73.3 Å². The first-order valence-electron chi connectivity index (χ1n) is 8.17. The van der Waals surface area contributed by atoms with Crippen LogP contribution in [0.1, 0.15) is 11.1 Å². The monoisotopic (exact) mass is 330 g/mol. The van der Waals surface area contributed by atoms with E-state index in [2.05, 4.69) is 18.7 Å². The molecule has 0 fully saturated rings. The molecule has 3 heteroatoms. The average molecular weight is 330 g/mol. The van der Waals surface area contributed by atoms with Gasteiger partial charge in [0.25, 0.3) is 0 Å². The van der Waals surface area contributed by atoms with Gasteiger partial charge in [0.15, 0.2) is 11.5 Å². The summed E-state index contributed by atoms with van der Waals surface area (Å²) in [5.41, 5.74) is 4.14. The zero-order chi connectivity index (χ0) is 17.1. The lowest BCUT2D eigenvalue weighted by Crippen LogP contribution is -1.97. The first kappa shape index (κ1) is 15.3. The Balaban J connectivity index is 1.70. The van der Waals surface area contributed by atoms with Gasteiger partial charge in [0.2, 0.25) is 6.79 Å². The molecule has 25 heavy (non-hydrogen) atoms. The van der Waals surface area contributed by atoms with Crippen LogP contribution >= 0.6 is 0 Å². The molecular weight excluding hydrogens is 312 g/mol. The fourth-order valence-electron chi connectivity index (χ4n) is 2.91. The molecule has 4 rings (SSSR count). The van der Waals surface area contributed by atoms with Crippen molar-refractivity contribution in [3.63, 3.8) is 0 Å². The van der Waals surface area contributed by atoms with Crippen LogP contribution in [0, 0.1) is 0 Å². The zero-order valence-electron chi connectivity index (χ0n) is 13.8. The summed E-state index contributed by atoms with van der Waals surface area (Å²) in [6.45, 7) is 4.70. The molecule has 124 valence electrons. The maximum atomic E-state index is 6.09. The Morgan fingerprint density at radius 1 is 0.880 bits per heavy atom. The molecule has 3 nitrogen and oxygen atoms in total. The molecule has 3 aromatic carbocycles. The lowest BCUT2D eigenvalue weighted by molar-refractivity contribution is 0.174. The van der Waals surface area contributed by atoms with Gasteiger partial charge in [0, 0.05) is 5.56 Å². The van der Waals surface area contributed by atoms with Gasteiger partial charge in [-0.05, 0) is 34.9 Å². The predicted molar refractivity (Wildman–Crippen MR) is 98.9 cm³/mol. The molecule has 0 aliphatic carbocycles. The molecule has 1 aliphatic rings. The Kier molecular flexibility index (Phi) is 4.13. The summed E-state index contributed by atoms with van der Waals surface area (Å²) < 4.78 is 17.1. The highest BCUT2D eigenvalue weighted by Crippen LogP contribution is 2.41. The number of ether oxygens (including phenoxy) is 3. The number of rotatable bonds is 5. The quantitative estimate of drug-likeness (QED) is 0.635. The van der Waals surface area contributed by atoms with Crippen LogP contribution in [0.25, 0.3) is 17.2 Å². The molecule has 1 aliphatic heterocycles. The lowest BCUT2D eigenvalue weighted by atomic mass is 9.98. The number of hydrogen-bond acceptors (Lipinski definition) is 3. The van der Waals surface area contributed by atoms with Crippen molar-refractivity contribution in [3.8, 4) is 28.4 Å². The van der Waals surface area contributed by atoms with Gasteiger partial charge in [0.05, 0.1) is 0 Å². The van der Waals surface area contributed by atoms with E-state index in [4.69, 9.17) is 14.2 Å². The molecule has 0 bridgehead atoms. The third kappa shape index (κ3) is 3.09. The van der Waals surface area contributed by atoms with Crippen molar-refractivity contribution in [3.05, 3.63) is 84.4 Å². The van der Waals surface area contributed by atoms with Gasteiger partial charge in [-0.3, -0.25) is 0 Å². The molecule has 0 N–H and O–H groups in total. The highest BCUT2D eigenvalue weighted by Gasteiger charge is 2.18. The smallest absolute Gasteiger partial charge is 0.231 e. The number of benzene rings is 3. The van der Waals surface area contributed by atoms with Gasteiger partial charge in [-0.2, -0.15) is 0 Å². The summed E-state index contributed by atoms with van der Waals surface area (Å²) in [6, 6.07) is 22.1. The fourth-order valence-corrected chi connectivity index (χ4v) is 2.91. The van der Waals surface area contributed by atoms with Crippen molar-refractivity contribution >= 4 is 6.08 Å². The number of hydrogen-bond donors (Lipinski definition) is 0. The second kappa shape index (κ2) is 6.73. The van der Waals surface area contributed by atoms with E-state index in [0.29, 0.717) is 6.61 Å². The first-order chi connectivity index (χ1) is 12.3. The fraction of sp³-hybridized carbons (Fsp3) is 0.0909. The second-order valence-electron chi connectivity index (χ2n) is 5.77. The lowest BCUT2D eigenvalue weighted by Gasteiger charge is -2.14.